The van der Waals surface area contributed by atoms with Gasteiger partial charge in [0.15, 0.2) is 0 Å². The Labute approximate surface area is 114 Å². The molecule has 2 rings (SSSR count). The first-order valence-electron chi connectivity index (χ1n) is 4.82. The number of carbonyl (C=O) groups excluding carboxylic acids is 1. The predicted octanol–water partition coefficient (Wildman–Crippen LogP) is 1.55. The largest absolute Gasteiger partial charge is 0.472 e. The first-order valence-corrected chi connectivity index (χ1v) is 6.73. The lowest BCUT2D eigenvalue weighted by Gasteiger charge is -2.06. The Morgan fingerprint density at radius 2 is 2.41 bits per heavy atom. The SMILES string of the molecule is COC(=O)c1cn2c(c(Br)c1=O)OC(CBr)C2. The van der Waals surface area contributed by atoms with E-state index in [-0.39, 0.29) is 16.1 Å². The number of fused-ring (bicyclic) bond motifs is 1. The van der Waals surface area contributed by atoms with Gasteiger partial charge in [0.2, 0.25) is 11.3 Å². The van der Waals surface area contributed by atoms with E-state index < -0.39 is 11.4 Å². The van der Waals surface area contributed by atoms with Gasteiger partial charge in [0.25, 0.3) is 0 Å². The highest BCUT2D eigenvalue weighted by molar-refractivity contribution is 9.10. The zero-order valence-electron chi connectivity index (χ0n) is 8.91. The Morgan fingerprint density at radius 3 is 3.00 bits per heavy atom. The number of pyridine rings is 1. The first-order chi connectivity index (χ1) is 8.08. The summed E-state index contributed by atoms with van der Waals surface area (Å²) in [4.78, 5) is 23.3. The minimum absolute atomic E-state index is 0.00180. The number of carbonyl (C=O) groups is 1. The quantitative estimate of drug-likeness (QED) is 0.588. The second-order valence-corrected chi connectivity index (χ2v) is 4.97. The van der Waals surface area contributed by atoms with Gasteiger partial charge in [-0.3, -0.25) is 4.79 Å². The van der Waals surface area contributed by atoms with Gasteiger partial charge in [-0.2, -0.15) is 0 Å². The lowest BCUT2D eigenvalue weighted by Crippen LogP contribution is -2.19. The normalized spacial score (nSPS) is 17.5. The molecular formula is C10H9Br2NO4. The van der Waals surface area contributed by atoms with Crippen molar-refractivity contribution in [3.8, 4) is 5.88 Å². The monoisotopic (exact) mass is 365 g/mol. The molecule has 0 saturated carbocycles. The molecule has 1 aliphatic heterocycles. The van der Waals surface area contributed by atoms with Crippen LogP contribution in [0.15, 0.2) is 15.5 Å². The van der Waals surface area contributed by atoms with Crippen LogP contribution in [0.4, 0.5) is 0 Å². The van der Waals surface area contributed by atoms with Crippen LogP contribution in [-0.2, 0) is 11.3 Å². The van der Waals surface area contributed by atoms with E-state index in [0.717, 1.165) is 0 Å². The molecule has 0 spiro atoms. The molecule has 1 aliphatic rings. The smallest absolute Gasteiger partial charge is 0.343 e. The first kappa shape index (κ1) is 12.6. The molecule has 92 valence electrons. The fourth-order valence-electron chi connectivity index (χ4n) is 1.62. The maximum Gasteiger partial charge on any atom is 0.343 e. The highest BCUT2D eigenvalue weighted by Gasteiger charge is 2.27. The second-order valence-electron chi connectivity index (χ2n) is 3.53. The van der Waals surface area contributed by atoms with E-state index in [2.05, 4.69) is 36.6 Å². The van der Waals surface area contributed by atoms with Crippen LogP contribution >= 0.6 is 31.9 Å². The van der Waals surface area contributed by atoms with E-state index in [4.69, 9.17) is 4.74 Å². The number of hydrogen-bond donors (Lipinski definition) is 0. The van der Waals surface area contributed by atoms with Crippen LogP contribution in [0.2, 0.25) is 0 Å². The standard InChI is InChI=1S/C10H9Br2NO4/c1-16-10(15)6-4-13-3-5(2-11)17-9(13)7(12)8(6)14/h4-5H,2-3H2,1H3. The molecule has 1 aromatic rings. The Morgan fingerprint density at radius 1 is 1.71 bits per heavy atom. The van der Waals surface area contributed by atoms with Crippen LogP contribution in [0.25, 0.3) is 0 Å². The van der Waals surface area contributed by atoms with Crippen molar-refractivity contribution in [3.63, 3.8) is 0 Å². The van der Waals surface area contributed by atoms with Crippen LogP contribution in [0.3, 0.4) is 0 Å². The van der Waals surface area contributed by atoms with Crippen molar-refractivity contribution in [2.45, 2.75) is 12.6 Å². The number of hydrogen-bond acceptors (Lipinski definition) is 4. The molecule has 5 nitrogen and oxygen atoms in total. The van der Waals surface area contributed by atoms with Crippen molar-refractivity contribution in [2.75, 3.05) is 12.4 Å². The molecule has 1 unspecified atom stereocenters. The lowest BCUT2D eigenvalue weighted by atomic mass is 10.2. The Balaban J connectivity index is 2.53. The van der Waals surface area contributed by atoms with E-state index >= 15 is 0 Å². The van der Waals surface area contributed by atoms with E-state index in [0.29, 0.717) is 17.8 Å². The molecule has 0 radical (unpaired) electrons. The van der Waals surface area contributed by atoms with Crippen molar-refractivity contribution in [2.24, 2.45) is 0 Å². The molecule has 17 heavy (non-hydrogen) atoms. The molecule has 0 aromatic carbocycles. The summed E-state index contributed by atoms with van der Waals surface area (Å²) < 4.78 is 12.1. The van der Waals surface area contributed by atoms with Gasteiger partial charge in [0.1, 0.15) is 16.1 Å². The molecule has 0 N–H and O–H groups in total. The van der Waals surface area contributed by atoms with Gasteiger partial charge in [-0.25, -0.2) is 4.79 Å². The summed E-state index contributed by atoms with van der Waals surface area (Å²) in [5.74, 6) is -0.194. The number of esters is 1. The molecule has 0 amide bonds. The Bertz CT molecular complexity index is 526. The molecule has 1 atom stereocenters. The van der Waals surface area contributed by atoms with Crippen molar-refractivity contribution < 1.29 is 14.3 Å². The minimum Gasteiger partial charge on any atom is -0.472 e. The minimum atomic E-state index is -0.645. The van der Waals surface area contributed by atoms with Gasteiger partial charge in [0.05, 0.1) is 13.7 Å². The van der Waals surface area contributed by atoms with Crippen LogP contribution in [0, 0.1) is 0 Å². The Hall–Kier alpha value is -0.820. The molecule has 0 fully saturated rings. The highest BCUT2D eigenvalue weighted by atomic mass is 79.9. The highest BCUT2D eigenvalue weighted by Crippen LogP contribution is 2.29. The van der Waals surface area contributed by atoms with Gasteiger partial charge < -0.3 is 14.0 Å². The van der Waals surface area contributed by atoms with Gasteiger partial charge in [-0.1, -0.05) is 15.9 Å². The zero-order valence-corrected chi connectivity index (χ0v) is 12.1. The summed E-state index contributed by atoms with van der Waals surface area (Å²) in [6, 6.07) is 0. The molecule has 1 aromatic heterocycles. The van der Waals surface area contributed by atoms with E-state index in [1.165, 1.54) is 13.3 Å². The Kier molecular flexibility index (Phi) is 3.58. The summed E-state index contributed by atoms with van der Waals surface area (Å²) in [6.07, 6.45) is 1.43. The summed E-state index contributed by atoms with van der Waals surface area (Å²) in [5.41, 5.74) is -0.416. The number of aromatic nitrogens is 1. The van der Waals surface area contributed by atoms with Crippen molar-refractivity contribution in [1.29, 1.82) is 0 Å². The third-order valence-electron chi connectivity index (χ3n) is 2.43. The fraction of sp³-hybridized carbons (Fsp3) is 0.400. The van der Waals surface area contributed by atoms with E-state index in [1.54, 1.807) is 4.57 Å². The average Bonchev–Trinajstić information content (AvgIpc) is 2.76. The van der Waals surface area contributed by atoms with Gasteiger partial charge >= 0.3 is 5.97 Å². The average molecular weight is 367 g/mol. The summed E-state index contributed by atoms with van der Waals surface area (Å²) in [6.45, 7) is 0.587. The molecule has 7 heteroatoms. The number of nitrogens with zero attached hydrogens (tertiary/aromatic N) is 1. The van der Waals surface area contributed by atoms with Gasteiger partial charge in [-0.15, -0.1) is 0 Å². The maximum absolute atomic E-state index is 11.9. The number of ether oxygens (including phenoxy) is 2. The summed E-state index contributed by atoms with van der Waals surface area (Å²) in [7, 11) is 1.24. The predicted molar refractivity (Wildman–Crippen MR) is 68.0 cm³/mol. The van der Waals surface area contributed by atoms with Gasteiger partial charge in [0, 0.05) is 11.5 Å². The molecule has 0 aliphatic carbocycles. The van der Waals surface area contributed by atoms with Crippen LogP contribution in [-0.4, -0.2) is 29.1 Å². The van der Waals surface area contributed by atoms with E-state index in [1.807, 2.05) is 0 Å². The second kappa shape index (κ2) is 4.81. The fourth-order valence-corrected chi connectivity index (χ4v) is 2.49. The van der Waals surface area contributed by atoms with Crippen LogP contribution in [0.1, 0.15) is 10.4 Å². The molecule has 0 saturated heterocycles. The van der Waals surface area contributed by atoms with Crippen molar-refractivity contribution >= 4 is 37.8 Å². The zero-order chi connectivity index (χ0) is 12.6. The van der Waals surface area contributed by atoms with Gasteiger partial charge in [-0.05, 0) is 15.9 Å². The maximum atomic E-state index is 11.9. The topological polar surface area (TPSA) is 57.5 Å². The van der Waals surface area contributed by atoms with Crippen LogP contribution in [0.5, 0.6) is 5.88 Å². The molecule has 0 bridgehead atoms. The van der Waals surface area contributed by atoms with E-state index in [9.17, 15) is 9.59 Å². The third kappa shape index (κ3) is 2.13. The molecular weight excluding hydrogens is 358 g/mol. The third-order valence-corrected chi connectivity index (χ3v) is 3.86. The van der Waals surface area contributed by atoms with Crippen LogP contribution < -0.4 is 10.2 Å². The van der Waals surface area contributed by atoms with Crippen molar-refractivity contribution in [3.05, 3.63) is 26.5 Å². The number of methoxy groups -OCH3 is 1. The molecule has 2 heterocycles. The summed E-state index contributed by atoms with van der Waals surface area (Å²) >= 11 is 6.47. The summed E-state index contributed by atoms with van der Waals surface area (Å²) in [5, 5.41) is 0.656. The number of halogens is 2. The lowest BCUT2D eigenvalue weighted by molar-refractivity contribution is 0.0598. The number of rotatable bonds is 2. The van der Waals surface area contributed by atoms with Crippen molar-refractivity contribution in [1.82, 2.24) is 4.57 Å². The number of alkyl halides is 1.